The zero-order valence-corrected chi connectivity index (χ0v) is 18.3. The van der Waals surface area contributed by atoms with Gasteiger partial charge in [0.15, 0.2) is 0 Å². The van der Waals surface area contributed by atoms with E-state index < -0.39 is 0 Å². The van der Waals surface area contributed by atoms with Crippen molar-refractivity contribution in [1.29, 1.82) is 0 Å². The molecule has 4 rings (SSSR count). The van der Waals surface area contributed by atoms with Gasteiger partial charge in [0.1, 0.15) is 0 Å². The maximum absolute atomic E-state index is 12.1. The third kappa shape index (κ3) is 3.18. The van der Waals surface area contributed by atoms with E-state index in [4.69, 9.17) is 4.74 Å². The Morgan fingerprint density at radius 3 is 2.52 bits per heavy atom. The summed E-state index contributed by atoms with van der Waals surface area (Å²) in [6.45, 7) is 10.0. The molecule has 0 saturated heterocycles. The molecule has 0 aromatic carbocycles. The first kappa shape index (κ1) is 19.8. The molecule has 4 saturated carbocycles. The number of carbonyl (C=O) groups excluding carboxylic acids is 1. The smallest absolute Gasteiger partial charge is 0.306 e. The SMILES string of the molecule is CCOC(=O)C[C@@H](C)[C@@H]1CC[C@@H]2[C@H]3CC[C@H]4CCCC[C@]4(C)[C@@H]3CC[C@@]21C. The van der Waals surface area contributed by atoms with Gasteiger partial charge in [0.05, 0.1) is 6.61 Å². The molecule has 4 aliphatic carbocycles. The Bertz CT molecular complexity index is 557. The fourth-order valence-corrected chi connectivity index (χ4v) is 8.90. The van der Waals surface area contributed by atoms with Crippen LogP contribution in [-0.4, -0.2) is 12.6 Å². The van der Waals surface area contributed by atoms with Crippen LogP contribution in [0.2, 0.25) is 0 Å². The van der Waals surface area contributed by atoms with Crippen molar-refractivity contribution in [3.8, 4) is 0 Å². The molecule has 2 nitrogen and oxygen atoms in total. The lowest BCUT2D eigenvalue weighted by atomic mass is 9.44. The average Bonchev–Trinajstić information content (AvgIpc) is 2.98. The van der Waals surface area contributed by atoms with E-state index in [0.29, 0.717) is 35.7 Å². The van der Waals surface area contributed by atoms with Crippen molar-refractivity contribution in [1.82, 2.24) is 0 Å². The topological polar surface area (TPSA) is 26.3 Å². The van der Waals surface area contributed by atoms with Crippen LogP contribution < -0.4 is 0 Å². The van der Waals surface area contributed by atoms with Crippen LogP contribution >= 0.6 is 0 Å². The molecule has 0 unspecified atom stereocenters. The van der Waals surface area contributed by atoms with Gasteiger partial charge in [-0.2, -0.15) is 0 Å². The first-order valence-corrected chi connectivity index (χ1v) is 12.1. The molecule has 2 heteroatoms. The normalized spacial score (nSPS) is 47.5. The number of carbonyl (C=O) groups is 1. The monoisotopic (exact) mass is 374 g/mol. The Labute approximate surface area is 167 Å². The summed E-state index contributed by atoms with van der Waals surface area (Å²) in [5.74, 6) is 5.06. The molecule has 0 bridgehead atoms. The van der Waals surface area contributed by atoms with Crippen LogP contribution in [0, 0.1) is 46.3 Å². The summed E-state index contributed by atoms with van der Waals surface area (Å²) in [5, 5.41) is 0. The minimum absolute atomic E-state index is 0.0148. The second-order valence-electron chi connectivity index (χ2n) is 11.1. The van der Waals surface area contributed by atoms with E-state index in [0.717, 1.165) is 23.7 Å². The van der Waals surface area contributed by atoms with Crippen molar-refractivity contribution in [3.63, 3.8) is 0 Å². The van der Waals surface area contributed by atoms with Gasteiger partial charge in [0.2, 0.25) is 0 Å². The number of hydrogen-bond donors (Lipinski definition) is 0. The van der Waals surface area contributed by atoms with Crippen molar-refractivity contribution >= 4 is 5.97 Å². The number of esters is 1. The largest absolute Gasteiger partial charge is 0.466 e. The van der Waals surface area contributed by atoms with Crippen LogP contribution in [0.25, 0.3) is 0 Å². The summed E-state index contributed by atoms with van der Waals surface area (Å²) in [6, 6.07) is 0. The van der Waals surface area contributed by atoms with E-state index in [1.54, 1.807) is 0 Å². The Balaban J connectivity index is 1.50. The lowest BCUT2D eigenvalue weighted by molar-refractivity contribution is -0.145. The zero-order chi connectivity index (χ0) is 19.2. The number of fused-ring (bicyclic) bond motifs is 5. The van der Waals surface area contributed by atoms with Crippen molar-refractivity contribution in [2.45, 2.75) is 98.3 Å². The average molecular weight is 375 g/mol. The van der Waals surface area contributed by atoms with Gasteiger partial charge >= 0.3 is 5.97 Å². The Hall–Kier alpha value is -0.530. The minimum atomic E-state index is 0.0148. The summed E-state index contributed by atoms with van der Waals surface area (Å²) in [4.78, 5) is 12.1. The Kier molecular flexibility index (Phi) is 5.40. The summed E-state index contributed by atoms with van der Waals surface area (Å²) >= 11 is 0. The van der Waals surface area contributed by atoms with E-state index in [-0.39, 0.29) is 5.97 Å². The van der Waals surface area contributed by atoms with E-state index in [2.05, 4.69) is 20.8 Å². The molecule has 8 atom stereocenters. The minimum Gasteiger partial charge on any atom is -0.466 e. The van der Waals surface area contributed by atoms with Gasteiger partial charge in [-0.3, -0.25) is 4.79 Å². The maximum atomic E-state index is 12.1. The first-order chi connectivity index (χ1) is 12.9. The highest BCUT2D eigenvalue weighted by atomic mass is 16.5. The molecule has 154 valence electrons. The fourth-order valence-electron chi connectivity index (χ4n) is 8.90. The highest BCUT2D eigenvalue weighted by Gasteiger charge is 2.60. The zero-order valence-electron chi connectivity index (χ0n) is 18.3. The molecule has 0 aromatic heterocycles. The second-order valence-corrected chi connectivity index (χ2v) is 11.1. The van der Waals surface area contributed by atoms with Crippen LogP contribution in [0.3, 0.4) is 0 Å². The summed E-state index contributed by atoms with van der Waals surface area (Å²) < 4.78 is 5.26. The van der Waals surface area contributed by atoms with Crippen LogP contribution in [-0.2, 0) is 9.53 Å². The second kappa shape index (κ2) is 7.38. The quantitative estimate of drug-likeness (QED) is 0.517. The molecular weight excluding hydrogens is 332 g/mol. The van der Waals surface area contributed by atoms with Crippen LogP contribution in [0.15, 0.2) is 0 Å². The standard InChI is InChI=1S/C25H42O2/c1-5-27-23(26)16-17(2)20-11-12-21-19-10-9-18-8-6-7-14-24(18,3)22(19)13-15-25(20,21)4/h17-22H,5-16H2,1-4H3/t17-,18-,19-,20+,21-,22-,24+,25-/m1/s1. The molecular formula is C25H42O2. The van der Waals surface area contributed by atoms with Crippen molar-refractivity contribution in [3.05, 3.63) is 0 Å². The van der Waals surface area contributed by atoms with Gasteiger partial charge in [-0.05, 0) is 105 Å². The maximum Gasteiger partial charge on any atom is 0.306 e. The fraction of sp³-hybridized carbons (Fsp3) is 0.960. The summed E-state index contributed by atoms with van der Waals surface area (Å²) in [5.41, 5.74) is 1.10. The van der Waals surface area contributed by atoms with Crippen LogP contribution in [0.5, 0.6) is 0 Å². The van der Waals surface area contributed by atoms with E-state index in [1.165, 1.54) is 64.2 Å². The number of rotatable bonds is 4. The van der Waals surface area contributed by atoms with Crippen molar-refractivity contribution < 1.29 is 9.53 Å². The summed E-state index contributed by atoms with van der Waals surface area (Å²) in [7, 11) is 0. The molecule has 0 aliphatic heterocycles. The lowest BCUT2D eigenvalue weighted by Crippen LogP contribution is -2.53. The van der Waals surface area contributed by atoms with E-state index in [1.807, 2.05) is 6.92 Å². The Morgan fingerprint density at radius 2 is 1.74 bits per heavy atom. The van der Waals surface area contributed by atoms with Crippen molar-refractivity contribution in [2.75, 3.05) is 6.61 Å². The highest BCUT2D eigenvalue weighted by Crippen LogP contribution is 2.68. The lowest BCUT2D eigenvalue weighted by Gasteiger charge is -2.60. The van der Waals surface area contributed by atoms with E-state index in [9.17, 15) is 4.79 Å². The van der Waals surface area contributed by atoms with Gasteiger partial charge in [-0.15, -0.1) is 0 Å². The van der Waals surface area contributed by atoms with Crippen LogP contribution in [0.4, 0.5) is 0 Å². The van der Waals surface area contributed by atoms with Gasteiger partial charge < -0.3 is 4.74 Å². The molecule has 0 aromatic rings. The first-order valence-electron chi connectivity index (χ1n) is 12.1. The van der Waals surface area contributed by atoms with Gasteiger partial charge in [0, 0.05) is 6.42 Å². The molecule has 0 radical (unpaired) electrons. The molecule has 0 spiro atoms. The molecule has 0 heterocycles. The number of hydrogen-bond acceptors (Lipinski definition) is 2. The van der Waals surface area contributed by atoms with Gasteiger partial charge in [-0.1, -0.05) is 33.6 Å². The molecule has 0 N–H and O–H groups in total. The van der Waals surface area contributed by atoms with Crippen LogP contribution in [0.1, 0.15) is 98.3 Å². The molecule has 4 aliphatic rings. The predicted molar refractivity (Wildman–Crippen MR) is 110 cm³/mol. The number of ether oxygens (including phenoxy) is 1. The molecule has 4 fully saturated rings. The predicted octanol–water partition coefficient (Wildman–Crippen LogP) is 6.62. The van der Waals surface area contributed by atoms with Gasteiger partial charge in [0.25, 0.3) is 0 Å². The van der Waals surface area contributed by atoms with Crippen molar-refractivity contribution in [2.24, 2.45) is 46.3 Å². The summed E-state index contributed by atoms with van der Waals surface area (Å²) in [6.07, 6.45) is 15.1. The molecule has 0 amide bonds. The highest BCUT2D eigenvalue weighted by molar-refractivity contribution is 5.69. The third-order valence-electron chi connectivity index (χ3n) is 10.1. The van der Waals surface area contributed by atoms with E-state index >= 15 is 0 Å². The molecule has 27 heavy (non-hydrogen) atoms. The third-order valence-corrected chi connectivity index (χ3v) is 10.1. The van der Waals surface area contributed by atoms with Gasteiger partial charge in [-0.25, -0.2) is 0 Å². The Morgan fingerprint density at radius 1 is 0.963 bits per heavy atom.